The van der Waals surface area contributed by atoms with Gasteiger partial charge in [-0.15, -0.1) is 0 Å². The van der Waals surface area contributed by atoms with Gasteiger partial charge < -0.3 is 20.9 Å². The average Bonchev–Trinajstić information content (AvgIpc) is 2.75. The van der Waals surface area contributed by atoms with Crippen LogP contribution in [0.1, 0.15) is 6.42 Å². The van der Waals surface area contributed by atoms with Gasteiger partial charge in [-0.3, -0.25) is 10.1 Å². The van der Waals surface area contributed by atoms with Crippen molar-refractivity contribution in [3.63, 3.8) is 0 Å². The molecule has 1 heterocycles. The number of rotatable bonds is 4. The molecule has 2 rings (SSSR count). The summed E-state index contributed by atoms with van der Waals surface area (Å²) in [6.07, 6.45) is 0.562. The summed E-state index contributed by atoms with van der Waals surface area (Å²) in [6.45, 7) is 1.12. The first-order chi connectivity index (χ1) is 8.50. The summed E-state index contributed by atoms with van der Waals surface area (Å²) in [5.41, 5.74) is 5.61. The molecule has 98 valence electrons. The van der Waals surface area contributed by atoms with E-state index in [0.29, 0.717) is 25.3 Å². The molecule has 0 bridgehead atoms. The normalized spacial score (nSPS) is 22.9. The van der Waals surface area contributed by atoms with Crippen LogP contribution in [0.15, 0.2) is 18.2 Å². The van der Waals surface area contributed by atoms with Crippen LogP contribution in [0.2, 0.25) is 0 Å². The lowest BCUT2D eigenvalue weighted by Crippen LogP contribution is -2.37. The molecule has 4 N–H and O–H groups in total. The Morgan fingerprint density at radius 3 is 2.94 bits per heavy atom. The monoisotopic (exact) mass is 253 g/mol. The third kappa shape index (κ3) is 2.69. The first-order valence-corrected chi connectivity index (χ1v) is 5.58. The molecule has 0 radical (unpaired) electrons. The van der Waals surface area contributed by atoms with E-state index < -0.39 is 10.5 Å². The number of nitrogen functional groups attached to an aromatic ring is 1. The molecular weight excluding hydrogens is 238 g/mol. The first-order valence-electron chi connectivity index (χ1n) is 5.58. The van der Waals surface area contributed by atoms with Crippen molar-refractivity contribution < 1.29 is 14.8 Å². The number of hydrogen-bond acceptors (Lipinski definition) is 6. The minimum Gasteiger partial charge on any atom is -0.397 e. The SMILES string of the molecule is Nc1cc([N+](=O)[O-])ccc1NCC1(O)CCOC1. The number of nitrogens with zero attached hydrogens (tertiary/aromatic N) is 1. The largest absolute Gasteiger partial charge is 0.397 e. The Kier molecular flexibility index (Phi) is 3.35. The molecule has 1 aromatic rings. The lowest BCUT2D eigenvalue weighted by molar-refractivity contribution is -0.384. The van der Waals surface area contributed by atoms with Crippen LogP contribution >= 0.6 is 0 Å². The summed E-state index contributed by atoms with van der Waals surface area (Å²) in [6, 6.07) is 4.19. The van der Waals surface area contributed by atoms with Crippen LogP contribution in [-0.2, 0) is 4.74 Å². The lowest BCUT2D eigenvalue weighted by Gasteiger charge is -2.21. The van der Waals surface area contributed by atoms with Gasteiger partial charge in [-0.05, 0) is 6.07 Å². The van der Waals surface area contributed by atoms with E-state index in [4.69, 9.17) is 10.5 Å². The van der Waals surface area contributed by atoms with Crippen molar-refractivity contribution in [3.8, 4) is 0 Å². The highest BCUT2D eigenvalue weighted by Gasteiger charge is 2.32. The number of hydrogen-bond donors (Lipinski definition) is 3. The van der Waals surface area contributed by atoms with E-state index in [9.17, 15) is 15.2 Å². The van der Waals surface area contributed by atoms with Gasteiger partial charge in [0.25, 0.3) is 5.69 Å². The highest BCUT2D eigenvalue weighted by molar-refractivity contribution is 5.69. The van der Waals surface area contributed by atoms with Gasteiger partial charge in [-0.1, -0.05) is 0 Å². The molecule has 1 atom stereocenters. The number of benzene rings is 1. The van der Waals surface area contributed by atoms with Crippen molar-refractivity contribution in [2.45, 2.75) is 12.0 Å². The molecule has 0 aromatic heterocycles. The summed E-state index contributed by atoms with van der Waals surface area (Å²) in [4.78, 5) is 10.1. The van der Waals surface area contributed by atoms with Gasteiger partial charge >= 0.3 is 0 Å². The molecule has 18 heavy (non-hydrogen) atoms. The second kappa shape index (κ2) is 4.79. The molecular formula is C11H15N3O4. The highest BCUT2D eigenvalue weighted by Crippen LogP contribution is 2.26. The number of nitro benzene ring substituents is 1. The van der Waals surface area contributed by atoms with Crippen molar-refractivity contribution in [1.82, 2.24) is 0 Å². The van der Waals surface area contributed by atoms with Crippen molar-refractivity contribution in [2.75, 3.05) is 30.8 Å². The van der Waals surface area contributed by atoms with Gasteiger partial charge in [-0.2, -0.15) is 0 Å². The lowest BCUT2D eigenvalue weighted by atomic mass is 10.0. The Hall–Kier alpha value is -1.86. The van der Waals surface area contributed by atoms with E-state index in [0.717, 1.165) is 0 Å². The Morgan fingerprint density at radius 2 is 2.39 bits per heavy atom. The second-order valence-corrected chi connectivity index (χ2v) is 4.41. The highest BCUT2D eigenvalue weighted by atomic mass is 16.6. The van der Waals surface area contributed by atoms with Crippen LogP contribution in [0.25, 0.3) is 0 Å². The zero-order chi connectivity index (χ0) is 13.2. The second-order valence-electron chi connectivity index (χ2n) is 4.41. The van der Waals surface area contributed by atoms with Crippen LogP contribution in [0, 0.1) is 10.1 Å². The van der Waals surface area contributed by atoms with E-state index in [2.05, 4.69) is 5.32 Å². The Balaban J connectivity index is 2.03. The first kappa shape index (κ1) is 12.6. The van der Waals surface area contributed by atoms with Gasteiger partial charge in [0.15, 0.2) is 0 Å². The summed E-state index contributed by atoms with van der Waals surface area (Å²) < 4.78 is 5.12. The fraction of sp³-hybridized carbons (Fsp3) is 0.455. The number of nitro groups is 1. The molecule has 0 spiro atoms. The predicted molar refractivity (Wildman–Crippen MR) is 66.4 cm³/mol. The quantitative estimate of drug-likeness (QED) is 0.414. The van der Waals surface area contributed by atoms with E-state index in [1.165, 1.54) is 18.2 Å². The fourth-order valence-corrected chi connectivity index (χ4v) is 1.82. The maximum absolute atomic E-state index is 10.6. The maximum atomic E-state index is 10.6. The number of nitrogens with one attached hydrogen (secondary N) is 1. The number of non-ortho nitro benzene ring substituents is 1. The van der Waals surface area contributed by atoms with E-state index >= 15 is 0 Å². The molecule has 0 saturated carbocycles. The zero-order valence-corrected chi connectivity index (χ0v) is 9.76. The standard InChI is InChI=1S/C11H15N3O4/c12-9-5-8(14(16)17)1-2-10(9)13-6-11(15)3-4-18-7-11/h1-2,5,13,15H,3-4,6-7,12H2. The molecule has 1 aliphatic heterocycles. The summed E-state index contributed by atoms with van der Waals surface area (Å²) >= 11 is 0. The maximum Gasteiger partial charge on any atom is 0.271 e. The van der Waals surface area contributed by atoms with Gasteiger partial charge in [0, 0.05) is 31.7 Å². The molecule has 1 aliphatic rings. The number of ether oxygens (including phenoxy) is 1. The van der Waals surface area contributed by atoms with E-state index in [-0.39, 0.29) is 18.0 Å². The van der Waals surface area contributed by atoms with Crippen LogP contribution in [0.3, 0.4) is 0 Å². The zero-order valence-electron chi connectivity index (χ0n) is 9.76. The topological polar surface area (TPSA) is 111 Å². The van der Waals surface area contributed by atoms with E-state index in [1.54, 1.807) is 0 Å². The van der Waals surface area contributed by atoms with Crippen LogP contribution in [0.4, 0.5) is 17.1 Å². The molecule has 7 nitrogen and oxygen atoms in total. The summed E-state index contributed by atoms with van der Waals surface area (Å²) in [7, 11) is 0. The van der Waals surface area contributed by atoms with Crippen molar-refractivity contribution >= 4 is 17.1 Å². The average molecular weight is 253 g/mol. The molecule has 0 aliphatic carbocycles. The summed E-state index contributed by atoms with van der Waals surface area (Å²) in [5.74, 6) is 0. The van der Waals surface area contributed by atoms with Gasteiger partial charge in [0.2, 0.25) is 0 Å². The molecule has 0 amide bonds. The summed E-state index contributed by atoms with van der Waals surface area (Å²) in [5, 5.41) is 23.6. The third-order valence-corrected chi connectivity index (χ3v) is 2.94. The predicted octanol–water partition coefficient (Wildman–Crippen LogP) is 0.740. The smallest absolute Gasteiger partial charge is 0.271 e. The minimum absolute atomic E-state index is 0.0547. The van der Waals surface area contributed by atoms with Crippen molar-refractivity contribution in [1.29, 1.82) is 0 Å². The van der Waals surface area contributed by atoms with Gasteiger partial charge in [0.1, 0.15) is 5.60 Å². The Labute approximate surface area is 104 Å². The Morgan fingerprint density at radius 1 is 1.61 bits per heavy atom. The van der Waals surface area contributed by atoms with Gasteiger partial charge in [0.05, 0.1) is 22.9 Å². The molecule has 7 heteroatoms. The molecule has 1 unspecified atom stereocenters. The van der Waals surface area contributed by atoms with Crippen LogP contribution in [-0.4, -0.2) is 35.4 Å². The van der Waals surface area contributed by atoms with Crippen LogP contribution in [0.5, 0.6) is 0 Å². The number of nitrogens with two attached hydrogens (primary N) is 1. The van der Waals surface area contributed by atoms with E-state index in [1.807, 2.05) is 0 Å². The molecule has 1 saturated heterocycles. The molecule has 1 fully saturated rings. The number of aliphatic hydroxyl groups is 1. The van der Waals surface area contributed by atoms with Crippen molar-refractivity contribution in [2.24, 2.45) is 0 Å². The Bertz CT molecular complexity index is 458. The van der Waals surface area contributed by atoms with Gasteiger partial charge in [-0.25, -0.2) is 0 Å². The minimum atomic E-state index is -0.895. The fourth-order valence-electron chi connectivity index (χ4n) is 1.82. The third-order valence-electron chi connectivity index (χ3n) is 2.94. The number of anilines is 2. The molecule has 1 aromatic carbocycles. The van der Waals surface area contributed by atoms with Crippen LogP contribution < -0.4 is 11.1 Å². The van der Waals surface area contributed by atoms with Crippen molar-refractivity contribution in [3.05, 3.63) is 28.3 Å².